The molecule has 0 unspecified atom stereocenters. The Morgan fingerprint density at radius 3 is 2.77 bits per heavy atom. The fraction of sp³-hybridized carbons (Fsp3) is 0.393. The number of piperidine rings is 1. The number of nitrogens with zero attached hydrogens (tertiary/aromatic N) is 1. The monoisotopic (exact) mass is 557 g/mol. The Hall–Kier alpha value is -3.49. The maximum Gasteiger partial charge on any atom is 0.447 e. The predicted molar refractivity (Wildman–Crippen MR) is 148 cm³/mol. The van der Waals surface area contributed by atoms with Crippen LogP contribution in [0, 0.1) is 11.8 Å². The van der Waals surface area contributed by atoms with Crippen molar-refractivity contribution in [3.05, 3.63) is 53.7 Å². The zero-order chi connectivity index (χ0) is 27.6. The lowest BCUT2D eigenvalue weighted by atomic mass is 9.99. The van der Waals surface area contributed by atoms with Crippen molar-refractivity contribution in [2.45, 2.75) is 54.3 Å². The van der Waals surface area contributed by atoms with Crippen molar-refractivity contribution in [2.24, 2.45) is 0 Å². The summed E-state index contributed by atoms with van der Waals surface area (Å²) < 4.78 is 47.5. The summed E-state index contributed by atoms with van der Waals surface area (Å²) in [4.78, 5) is 11.9. The molecule has 7 nitrogen and oxygen atoms in total. The van der Waals surface area contributed by atoms with E-state index in [4.69, 9.17) is 4.74 Å². The number of halogens is 3. The number of aromatic nitrogens is 1. The van der Waals surface area contributed by atoms with Gasteiger partial charge in [-0.25, -0.2) is 0 Å². The van der Waals surface area contributed by atoms with Gasteiger partial charge in [-0.3, -0.25) is 4.79 Å². The minimum atomic E-state index is -4.46. The smallest absolute Gasteiger partial charge is 0.447 e. The molecule has 0 aliphatic carbocycles. The van der Waals surface area contributed by atoms with Gasteiger partial charge < -0.3 is 30.4 Å². The van der Waals surface area contributed by atoms with Crippen LogP contribution in [-0.2, 0) is 0 Å². The standard InChI is InChI=1S/C28H30F3N5O2S/c1-32-26(37)17-7-10-23(25(16-17)38-2)33-13-3-5-18-15-24-22(35-21-12-9-19-8-11-20(21)34-19)6-4-14-36(24)27(18)39-28(29,30)31/h4,6-7,10,14-16,19-21,33-35H,8-9,11-13H2,1-2H3,(H,32,37)/t19-,20+,21+/m0/s1. The fourth-order valence-corrected chi connectivity index (χ4v) is 6.05. The lowest BCUT2D eigenvalue weighted by Gasteiger charge is -2.31. The van der Waals surface area contributed by atoms with Crippen molar-refractivity contribution in [1.82, 2.24) is 15.0 Å². The molecule has 5 rings (SSSR count). The van der Waals surface area contributed by atoms with Gasteiger partial charge in [-0.15, -0.1) is 0 Å². The van der Waals surface area contributed by atoms with Gasteiger partial charge in [0.25, 0.3) is 5.91 Å². The molecule has 2 aromatic heterocycles. The number of hydrogen-bond acceptors (Lipinski definition) is 6. The third-order valence-corrected chi connectivity index (χ3v) is 8.03. The molecule has 2 saturated heterocycles. The van der Waals surface area contributed by atoms with Gasteiger partial charge in [-0.1, -0.05) is 11.8 Å². The van der Waals surface area contributed by atoms with Crippen LogP contribution < -0.4 is 26.0 Å². The molecular weight excluding hydrogens is 527 g/mol. The summed E-state index contributed by atoms with van der Waals surface area (Å²) in [5.41, 5.74) is -1.63. The van der Waals surface area contributed by atoms with Gasteiger partial charge in [-0.05, 0) is 62.1 Å². The number of thioether (sulfide) groups is 1. The van der Waals surface area contributed by atoms with Crippen LogP contribution in [0.25, 0.3) is 5.52 Å². The van der Waals surface area contributed by atoms with Crippen LogP contribution in [0.3, 0.4) is 0 Å². The van der Waals surface area contributed by atoms with Gasteiger partial charge in [0.15, 0.2) is 0 Å². The van der Waals surface area contributed by atoms with Crippen molar-refractivity contribution >= 4 is 34.6 Å². The van der Waals surface area contributed by atoms with Crippen LogP contribution in [0.2, 0.25) is 0 Å². The molecule has 4 heterocycles. The first-order valence-corrected chi connectivity index (χ1v) is 13.6. The van der Waals surface area contributed by atoms with Crippen LogP contribution in [0.4, 0.5) is 24.5 Å². The van der Waals surface area contributed by atoms with Gasteiger partial charge in [0.2, 0.25) is 0 Å². The summed E-state index contributed by atoms with van der Waals surface area (Å²) in [6, 6.07) is 11.5. The Kier molecular flexibility index (Phi) is 7.86. The van der Waals surface area contributed by atoms with Crippen LogP contribution in [0.1, 0.15) is 41.6 Å². The highest BCUT2D eigenvalue weighted by Gasteiger charge is 2.36. The summed E-state index contributed by atoms with van der Waals surface area (Å²) in [6.07, 6.45) is 6.03. The fourth-order valence-electron chi connectivity index (χ4n) is 5.35. The number of hydrogen-bond donors (Lipinski definition) is 4. The van der Waals surface area contributed by atoms with Gasteiger partial charge in [-0.2, -0.15) is 13.2 Å². The topological polar surface area (TPSA) is 78.8 Å². The molecule has 11 heteroatoms. The van der Waals surface area contributed by atoms with Crippen molar-refractivity contribution < 1.29 is 22.7 Å². The molecule has 206 valence electrons. The second-order valence-electron chi connectivity index (χ2n) is 9.61. The maximum absolute atomic E-state index is 13.5. The van der Waals surface area contributed by atoms with E-state index < -0.39 is 5.51 Å². The molecule has 2 bridgehead atoms. The summed E-state index contributed by atoms with van der Waals surface area (Å²) in [7, 11) is 3.04. The Bertz CT molecular complexity index is 1430. The summed E-state index contributed by atoms with van der Waals surface area (Å²) in [6.45, 7) is 0.166. The average molecular weight is 558 g/mol. The lowest BCUT2D eigenvalue weighted by molar-refractivity contribution is -0.0329. The van der Waals surface area contributed by atoms with Gasteiger partial charge in [0.1, 0.15) is 10.8 Å². The van der Waals surface area contributed by atoms with Crippen LogP contribution in [-0.4, -0.2) is 54.6 Å². The minimum absolute atomic E-state index is 0.0314. The van der Waals surface area contributed by atoms with Crippen molar-refractivity contribution in [1.29, 1.82) is 0 Å². The number of methoxy groups -OCH3 is 1. The second-order valence-corrected chi connectivity index (χ2v) is 10.7. The Balaban J connectivity index is 1.39. The molecule has 2 aliphatic rings. The summed E-state index contributed by atoms with van der Waals surface area (Å²) in [5, 5.41) is 12.9. The van der Waals surface area contributed by atoms with E-state index in [0.717, 1.165) is 24.9 Å². The van der Waals surface area contributed by atoms with E-state index in [-0.39, 0.29) is 35.3 Å². The highest BCUT2D eigenvalue weighted by Crippen LogP contribution is 2.41. The zero-order valence-electron chi connectivity index (χ0n) is 21.6. The molecule has 4 N–H and O–H groups in total. The molecule has 0 saturated carbocycles. The lowest BCUT2D eigenvalue weighted by Crippen LogP contribution is -2.47. The molecule has 0 spiro atoms. The second kappa shape index (κ2) is 11.3. The normalized spacial score (nSPS) is 20.3. The number of alkyl halides is 3. The average Bonchev–Trinajstić information content (AvgIpc) is 3.48. The first kappa shape index (κ1) is 27.1. The molecule has 1 aromatic carbocycles. The largest absolute Gasteiger partial charge is 0.495 e. The third-order valence-electron chi connectivity index (χ3n) is 7.19. The van der Waals surface area contributed by atoms with Crippen molar-refractivity contribution in [2.75, 3.05) is 31.3 Å². The van der Waals surface area contributed by atoms with E-state index in [1.54, 1.807) is 48.0 Å². The quantitative estimate of drug-likeness (QED) is 0.240. The zero-order valence-corrected chi connectivity index (χ0v) is 22.4. The first-order chi connectivity index (χ1) is 18.8. The minimum Gasteiger partial charge on any atom is -0.495 e. The van der Waals surface area contributed by atoms with Crippen LogP contribution in [0.15, 0.2) is 47.6 Å². The van der Waals surface area contributed by atoms with E-state index in [0.29, 0.717) is 40.2 Å². The Morgan fingerprint density at radius 1 is 1.18 bits per heavy atom. The molecule has 3 atom stereocenters. The van der Waals surface area contributed by atoms with E-state index in [2.05, 4.69) is 33.1 Å². The van der Waals surface area contributed by atoms with Gasteiger partial charge in [0.05, 0.1) is 36.1 Å². The number of rotatable bonds is 7. The summed E-state index contributed by atoms with van der Waals surface area (Å²) in [5.74, 6) is 6.09. The summed E-state index contributed by atoms with van der Waals surface area (Å²) >= 11 is -0.161. The molecule has 39 heavy (non-hydrogen) atoms. The highest BCUT2D eigenvalue weighted by atomic mass is 32.2. The number of pyridine rings is 1. The molecule has 3 aromatic rings. The van der Waals surface area contributed by atoms with Crippen molar-refractivity contribution in [3.8, 4) is 17.6 Å². The Morgan fingerprint density at radius 2 is 2.00 bits per heavy atom. The number of anilines is 2. The number of carbonyl (C=O) groups is 1. The third kappa shape index (κ3) is 6.07. The van der Waals surface area contributed by atoms with Crippen LogP contribution in [0.5, 0.6) is 5.75 Å². The van der Waals surface area contributed by atoms with Gasteiger partial charge in [0, 0.05) is 48.7 Å². The number of carbonyl (C=O) groups excluding carboxylic acids is 1. The molecule has 1 amide bonds. The molecule has 2 aliphatic heterocycles. The SMILES string of the molecule is CNC(=O)c1ccc(NCC#Cc2cc3c(N[C@@H]4CC[C@@H]5CC[C@H]4N5)cccn3c2SC(F)(F)F)c(OC)c1. The highest BCUT2D eigenvalue weighted by molar-refractivity contribution is 8.00. The number of benzene rings is 1. The molecular formula is C28H30F3N5O2S. The van der Waals surface area contributed by atoms with Gasteiger partial charge >= 0.3 is 5.51 Å². The molecule has 0 radical (unpaired) electrons. The van der Waals surface area contributed by atoms with Crippen molar-refractivity contribution in [3.63, 3.8) is 0 Å². The van der Waals surface area contributed by atoms with E-state index in [1.165, 1.54) is 13.5 Å². The molecule has 2 fully saturated rings. The van der Waals surface area contributed by atoms with Crippen LogP contribution >= 0.6 is 11.8 Å². The number of ether oxygens (including phenoxy) is 1. The predicted octanol–water partition coefficient (Wildman–Crippen LogP) is 5.08. The van der Waals surface area contributed by atoms with E-state index >= 15 is 0 Å². The Labute approximate surface area is 229 Å². The number of fused-ring (bicyclic) bond motifs is 3. The number of amides is 1. The number of nitrogens with one attached hydrogen (secondary N) is 4. The maximum atomic E-state index is 13.5. The first-order valence-electron chi connectivity index (χ1n) is 12.8. The van der Waals surface area contributed by atoms with E-state index in [1.807, 2.05) is 6.07 Å². The van der Waals surface area contributed by atoms with E-state index in [9.17, 15) is 18.0 Å².